The minimum Gasteiger partial charge on any atom is -0.370 e. The molecule has 0 spiro atoms. The SMILES string of the molecule is Cc1cc(NCCc2ccccc2)nc(-c2ccc(S(C)(=O)=O)cc2)c1. The molecule has 1 heterocycles. The highest BCUT2D eigenvalue weighted by Crippen LogP contribution is 2.22. The first-order valence-corrected chi connectivity index (χ1v) is 10.4. The normalized spacial score (nSPS) is 11.3. The minimum absolute atomic E-state index is 0.315. The van der Waals surface area contributed by atoms with Gasteiger partial charge in [0, 0.05) is 18.4 Å². The van der Waals surface area contributed by atoms with Crippen LogP contribution < -0.4 is 5.32 Å². The van der Waals surface area contributed by atoms with Crippen LogP contribution >= 0.6 is 0 Å². The third-order valence-corrected chi connectivity index (χ3v) is 5.24. The molecule has 3 rings (SSSR count). The molecule has 0 bridgehead atoms. The fraction of sp³-hybridized carbons (Fsp3) is 0.190. The van der Waals surface area contributed by atoms with Crippen LogP contribution in [0.5, 0.6) is 0 Å². The van der Waals surface area contributed by atoms with Crippen LogP contribution in [0.2, 0.25) is 0 Å². The number of pyridine rings is 1. The monoisotopic (exact) mass is 366 g/mol. The van der Waals surface area contributed by atoms with Crippen molar-refractivity contribution in [3.8, 4) is 11.3 Å². The van der Waals surface area contributed by atoms with E-state index in [2.05, 4.69) is 22.4 Å². The van der Waals surface area contributed by atoms with E-state index in [1.54, 1.807) is 24.3 Å². The third kappa shape index (κ3) is 4.70. The summed E-state index contributed by atoms with van der Waals surface area (Å²) >= 11 is 0. The summed E-state index contributed by atoms with van der Waals surface area (Å²) in [5.74, 6) is 0.822. The van der Waals surface area contributed by atoms with Crippen LogP contribution in [0.25, 0.3) is 11.3 Å². The number of benzene rings is 2. The van der Waals surface area contributed by atoms with Crippen LogP contribution in [0.3, 0.4) is 0 Å². The summed E-state index contributed by atoms with van der Waals surface area (Å²) < 4.78 is 23.2. The number of sulfone groups is 1. The molecule has 0 amide bonds. The molecule has 0 aliphatic carbocycles. The average Bonchev–Trinajstić information content (AvgIpc) is 2.62. The lowest BCUT2D eigenvalue weighted by atomic mass is 10.1. The fourth-order valence-corrected chi connectivity index (χ4v) is 3.39. The molecule has 5 heteroatoms. The molecule has 0 aliphatic heterocycles. The van der Waals surface area contributed by atoms with Gasteiger partial charge in [-0.1, -0.05) is 42.5 Å². The molecule has 26 heavy (non-hydrogen) atoms. The molecule has 0 aliphatic rings. The smallest absolute Gasteiger partial charge is 0.175 e. The van der Waals surface area contributed by atoms with Gasteiger partial charge in [0.15, 0.2) is 9.84 Å². The first-order chi connectivity index (χ1) is 12.4. The number of rotatable bonds is 6. The highest BCUT2D eigenvalue weighted by molar-refractivity contribution is 7.90. The second-order valence-electron chi connectivity index (χ2n) is 6.37. The largest absolute Gasteiger partial charge is 0.370 e. The minimum atomic E-state index is -3.19. The average molecular weight is 366 g/mol. The molecular weight excluding hydrogens is 344 g/mol. The first-order valence-electron chi connectivity index (χ1n) is 8.49. The molecule has 0 radical (unpaired) electrons. The Morgan fingerprint density at radius 1 is 0.962 bits per heavy atom. The van der Waals surface area contributed by atoms with Gasteiger partial charge in [-0.05, 0) is 48.7 Å². The lowest BCUT2D eigenvalue weighted by molar-refractivity contribution is 0.602. The van der Waals surface area contributed by atoms with Crippen LogP contribution in [0.1, 0.15) is 11.1 Å². The summed E-state index contributed by atoms with van der Waals surface area (Å²) in [6, 6.07) is 21.2. The molecule has 0 saturated heterocycles. The zero-order valence-corrected chi connectivity index (χ0v) is 15.8. The van der Waals surface area contributed by atoms with Crippen molar-refractivity contribution in [2.75, 3.05) is 18.1 Å². The Kier molecular flexibility index (Phi) is 5.38. The van der Waals surface area contributed by atoms with E-state index >= 15 is 0 Å². The van der Waals surface area contributed by atoms with Crippen molar-refractivity contribution in [2.45, 2.75) is 18.2 Å². The maximum absolute atomic E-state index is 11.6. The molecule has 2 aromatic carbocycles. The van der Waals surface area contributed by atoms with E-state index in [0.717, 1.165) is 35.6 Å². The standard InChI is InChI=1S/C21H22N2O2S/c1-16-14-20(18-8-10-19(11-9-18)26(2,24)25)23-21(15-16)22-13-12-17-6-4-3-5-7-17/h3-11,14-15H,12-13H2,1-2H3,(H,22,23). The summed E-state index contributed by atoms with van der Waals surface area (Å²) in [5.41, 5.74) is 4.10. The molecular formula is C21H22N2O2S. The van der Waals surface area contributed by atoms with Crippen molar-refractivity contribution in [1.82, 2.24) is 4.98 Å². The number of aryl methyl sites for hydroxylation is 1. The zero-order valence-electron chi connectivity index (χ0n) is 14.9. The zero-order chi connectivity index (χ0) is 18.6. The summed E-state index contributed by atoms with van der Waals surface area (Å²) in [7, 11) is -3.19. The van der Waals surface area contributed by atoms with E-state index in [9.17, 15) is 8.42 Å². The number of hydrogen-bond acceptors (Lipinski definition) is 4. The van der Waals surface area contributed by atoms with E-state index < -0.39 is 9.84 Å². The predicted molar refractivity (Wildman–Crippen MR) is 106 cm³/mol. The molecule has 4 nitrogen and oxygen atoms in total. The fourth-order valence-electron chi connectivity index (χ4n) is 2.76. The maximum atomic E-state index is 11.6. The van der Waals surface area contributed by atoms with E-state index in [4.69, 9.17) is 0 Å². The van der Waals surface area contributed by atoms with Crippen LogP contribution in [0, 0.1) is 6.92 Å². The van der Waals surface area contributed by atoms with Gasteiger partial charge in [-0.2, -0.15) is 0 Å². The molecule has 0 unspecified atom stereocenters. The van der Waals surface area contributed by atoms with Gasteiger partial charge >= 0.3 is 0 Å². The number of aromatic nitrogens is 1. The maximum Gasteiger partial charge on any atom is 0.175 e. The van der Waals surface area contributed by atoms with E-state index in [-0.39, 0.29) is 0 Å². The highest BCUT2D eigenvalue weighted by atomic mass is 32.2. The Morgan fingerprint density at radius 3 is 2.31 bits per heavy atom. The topological polar surface area (TPSA) is 59.1 Å². The molecule has 0 atom stereocenters. The number of hydrogen-bond donors (Lipinski definition) is 1. The Hall–Kier alpha value is -2.66. The van der Waals surface area contributed by atoms with Gasteiger partial charge in [0.1, 0.15) is 5.82 Å². The third-order valence-electron chi connectivity index (χ3n) is 4.11. The Bertz CT molecular complexity index is 982. The molecule has 134 valence electrons. The summed E-state index contributed by atoms with van der Waals surface area (Å²) in [5, 5.41) is 3.37. The number of anilines is 1. The van der Waals surface area contributed by atoms with Crippen LogP contribution in [-0.4, -0.2) is 26.2 Å². The predicted octanol–water partition coefficient (Wildman–Crippen LogP) is 4.12. The number of nitrogens with one attached hydrogen (secondary N) is 1. The molecule has 1 N–H and O–H groups in total. The lowest BCUT2D eigenvalue weighted by Crippen LogP contribution is -2.07. The van der Waals surface area contributed by atoms with E-state index in [1.165, 1.54) is 11.8 Å². The lowest BCUT2D eigenvalue weighted by Gasteiger charge is -2.10. The van der Waals surface area contributed by atoms with E-state index in [1.807, 2.05) is 37.3 Å². The van der Waals surface area contributed by atoms with E-state index in [0.29, 0.717) is 4.90 Å². The van der Waals surface area contributed by atoms with Gasteiger partial charge in [-0.25, -0.2) is 13.4 Å². The molecule has 1 aromatic heterocycles. The van der Waals surface area contributed by atoms with Gasteiger partial charge in [-0.3, -0.25) is 0 Å². The van der Waals surface area contributed by atoms with Crippen molar-refractivity contribution < 1.29 is 8.42 Å². The van der Waals surface area contributed by atoms with Crippen LogP contribution in [0.4, 0.5) is 5.82 Å². The van der Waals surface area contributed by atoms with Gasteiger partial charge in [-0.15, -0.1) is 0 Å². The number of nitrogens with zero attached hydrogens (tertiary/aromatic N) is 1. The summed E-state index contributed by atoms with van der Waals surface area (Å²) in [6.07, 6.45) is 2.14. The van der Waals surface area contributed by atoms with Crippen molar-refractivity contribution in [3.05, 3.63) is 77.9 Å². The van der Waals surface area contributed by atoms with Gasteiger partial charge < -0.3 is 5.32 Å². The first kappa shape index (κ1) is 18.1. The highest BCUT2D eigenvalue weighted by Gasteiger charge is 2.08. The second kappa shape index (κ2) is 7.70. The summed E-state index contributed by atoms with van der Waals surface area (Å²) in [4.78, 5) is 4.98. The van der Waals surface area contributed by atoms with Crippen molar-refractivity contribution >= 4 is 15.7 Å². The van der Waals surface area contributed by atoms with Crippen LogP contribution in [-0.2, 0) is 16.3 Å². The molecule has 0 fully saturated rings. The Balaban J connectivity index is 1.75. The Labute approximate surface area is 154 Å². The van der Waals surface area contributed by atoms with Gasteiger partial charge in [0.25, 0.3) is 0 Å². The Morgan fingerprint density at radius 2 is 1.65 bits per heavy atom. The van der Waals surface area contributed by atoms with Gasteiger partial charge in [0.05, 0.1) is 10.6 Å². The second-order valence-corrected chi connectivity index (χ2v) is 8.39. The van der Waals surface area contributed by atoms with Crippen molar-refractivity contribution in [2.24, 2.45) is 0 Å². The summed E-state index contributed by atoms with van der Waals surface area (Å²) in [6.45, 7) is 2.82. The molecule has 0 saturated carbocycles. The van der Waals surface area contributed by atoms with Crippen LogP contribution in [0.15, 0.2) is 71.6 Å². The molecule has 3 aromatic rings. The van der Waals surface area contributed by atoms with Crippen molar-refractivity contribution in [3.63, 3.8) is 0 Å². The van der Waals surface area contributed by atoms with Gasteiger partial charge in [0.2, 0.25) is 0 Å². The van der Waals surface area contributed by atoms with Crippen molar-refractivity contribution in [1.29, 1.82) is 0 Å². The quantitative estimate of drug-likeness (QED) is 0.713.